The van der Waals surface area contributed by atoms with Crippen LogP contribution >= 0.6 is 0 Å². The zero-order valence-electron chi connectivity index (χ0n) is 12.5. The van der Waals surface area contributed by atoms with Crippen molar-refractivity contribution in [1.29, 1.82) is 0 Å². The average Bonchev–Trinajstić information content (AvgIpc) is 2.83. The van der Waals surface area contributed by atoms with Crippen molar-refractivity contribution in [3.63, 3.8) is 0 Å². The Balaban J connectivity index is 1.79. The Morgan fingerprint density at radius 3 is 2.90 bits per heavy atom. The molecule has 0 bridgehead atoms. The van der Waals surface area contributed by atoms with Crippen LogP contribution in [0.1, 0.15) is 17.5 Å². The van der Waals surface area contributed by atoms with Gasteiger partial charge in [-0.3, -0.25) is 4.68 Å². The summed E-state index contributed by atoms with van der Waals surface area (Å²) >= 11 is 0. The molecule has 1 aromatic heterocycles. The highest BCUT2D eigenvalue weighted by Gasteiger charge is 2.09. The number of nitrogens with one attached hydrogen (secondary N) is 1. The van der Waals surface area contributed by atoms with E-state index < -0.39 is 0 Å². The maximum Gasteiger partial charge on any atom is 0.119 e. The maximum absolute atomic E-state index is 5.80. The second-order valence-electron chi connectivity index (χ2n) is 5.17. The van der Waals surface area contributed by atoms with Crippen LogP contribution in [0.3, 0.4) is 0 Å². The molecule has 0 saturated heterocycles. The lowest BCUT2D eigenvalue weighted by atomic mass is 10.1. The van der Waals surface area contributed by atoms with E-state index in [1.54, 1.807) is 0 Å². The summed E-state index contributed by atoms with van der Waals surface area (Å²) in [5.41, 5.74) is 2.48. The molecule has 1 N–H and O–H groups in total. The van der Waals surface area contributed by atoms with Crippen LogP contribution in [0.25, 0.3) is 0 Å². The van der Waals surface area contributed by atoms with Crippen LogP contribution < -0.4 is 10.1 Å². The molecular weight excluding hydrogens is 250 g/mol. The topological polar surface area (TPSA) is 39.1 Å². The highest BCUT2D eigenvalue weighted by Crippen LogP contribution is 2.13. The Bertz CT molecular complexity index is 536. The highest BCUT2D eigenvalue weighted by atomic mass is 16.5. The highest BCUT2D eigenvalue weighted by molar-refractivity contribution is 5.27. The SMILES string of the molecule is CNC(CCOc1cccc(C)c1)Cc1cnn(C)c1. The van der Waals surface area contributed by atoms with Gasteiger partial charge in [0, 0.05) is 19.3 Å². The third-order valence-electron chi connectivity index (χ3n) is 3.37. The average molecular weight is 273 g/mol. The number of rotatable bonds is 7. The van der Waals surface area contributed by atoms with E-state index in [-0.39, 0.29) is 0 Å². The molecule has 0 aliphatic rings. The van der Waals surface area contributed by atoms with Crippen molar-refractivity contribution < 1.29 is 4.74 Å². The van der Waals surface area contributed by atoms with Crippen LogP contribution in [-0.2, 0) is 13.5 Å². The van der Waals surface area contributed by atoms with Crippen molar-refractivity contribution in [3.8, 4) is 5.75 Å². The number of aromatic nitrogens is 2. The number of nitrogens with zero attached hydrogens (tertiary/aromatic N) is 2. The lowest BCUT2D eigenvalue weighted by Crippen LogP contribution is -2.29. The number of likely N-dealkylation sites (N-methyl/N-ethyl adjacent to an activating group) is 1. The molecule has 2 aromatic rings. The zero-order chi connectivity index (χ0) is 14.4. The number of ether oxygens (including phenoxy) is 1. The number of benzene rings is 1. The summed E-state index contributed by atoms with van der Waals surface area (Å²) in [6.07, 6.45) is 5.93. The van der Waals surface area contributed by atoms with Gasteiger partial charge in [-0.2, -0.15) is 5.10 Å². The quantitative estimate of drug-likeness (QED) is 0.841. The Hall–Kier alpha value is -1.81. The molecule has 4 heteroatoms. The van der Waals surface area contributed by atoms with Crippen LogP contribution in [0.15, 0.2) is 36.7 Å². The fraction of sp³-hybridized carbons (Fsp3) is 0.438. The van der Waals surface area contributed by atoms with E-state index in [1.165, 1.54) is 11.1 Å². The molecule has 0 saturated carbocycles. The van der Waals surface area contributed by atoms with Crippen molar-refractivity contribution in [2.24, 2.45) is 7.05 Å². The van der Waals surface area contributed by atoms with Gasteiger partial charge in [0.05, 0.1) is 12.8 Å². The summed E-state index contributed by atoms with van der Waals surface area (Å²) in [5, 5.41) is 7.54. The Morgan fingerprint density at radius 2 is 2.25 bits per heavy atom. The summed E-state index contributed by atoms with van der Waals surface area (Å²) in [6, 6.07) is 8.57. The Kier molecular flexibility index (Phi) is 5.18. The first kappa shape index (κ1) is 14.6. The van der Waals surface area contributed by atoms with Gasteiger partial charge in [0.15, 0.2) is 0 Å². The molecular formula is C16H23N3O. The first-order chi connectivity index (χ1) is 9.67. The summed E-state index contributed by atoms with van der Waals surface area (Å²) < 4.78 is 7.64. The fourth-order valence-corrected chi connectivity index (χ4v) is 2.23. The molecule has 4 nitrogen and oxygen atoms in total. The van der Waals surface area contributed by atoms with Crippen LogP contribution in [-0.4, -0.2) is 29.5 Å². The van der Waals surface area contributed by atoms with Crippen LogP contribution in [0.5, 0.6) is 5.75 Å². The Labute approximate surface area is 120 Å². The van der Waals surface area contributed by atoms with Gasteiger partial charge in [-0.25, -0.2) is 0 Å². The molecule has 1 heterocycles. The van der Waals surface area contributed by atoms with E-state index in [4.69, 9.17) is 4.74 Å². The van der Waals surface area contributed by atoms with E-state index in [2.05, 4.69) is 35.7 Å². The summed E-state index contributed by atoms with van der Waals surface area (Å²) in [5.74, 6) is 0.946. The predicted molar refractivity (Wildman–Crippen MR) is 81.1 cm³/mol. The molecule has 108 valence electrons. The van der Waals surface area contributed by atoms with Crippen molar-refractivity contribution in [3.05, 3.63) is 47.8 Å². The minimum absolute atomic E-state index is 0.406. The van der Waals surface area contributed by atoms with Crippen molar-refractivity contribution >= 4 is 0 Å². The molecule has 0 radical (unpaired) electrons. The monoisotopic (exact) mass is 273 g/mol. The largest absolute Gasteiger partial charge is 0.494 e. The minimum Gasteiger partial charge on any atom is -0.494 e. The first-order valence-electron chi connectivity index (χ1n) is 7.01. The molecule has 0 spiro atoms. The molecule has 1 aromatic carbocycles. The third-order valence-corrected chi connectivity index (χ3v) is 3.37. The van der Waals surface area contributed by atoms with Gasteiger partial charge in [0.25, 0.3) is 0 Å². The minimum atomic E-state index is 0.406. The van der Waals surface area contributed by atoms with Gasteiger partial charge in [-0.1, -0.05) is 12.1 Å². The van der Waals surface area contributed by atoms with Gasteiger partial charge in [0.1, 0.15) is 5.75 Å². The maximum atomic E-state index is 5.80. The fourth-order valence-electron chi connectivity index (χ4n) is 2.23. The van der Waals surface area contributed by atoms with Crippen LogP contribution in [0.4, 0.5) is 0 Å². The summed E-state index contributed by atoms with van der Waals surface area (Å²) in [6.45, 7) is 2.79. The van der Waals surface area contributed by atoms with Gasteiger partial charge in [-0.15, -0.1) is 0 Å². The van der Waals surface area contributed by atoms with Crippen molar-refractivity contribution in [2.45, 2.75) is 25.8 Å². The van der Waals surface area contributed by atoms with Crippen LogP contribution in [0, 0.1) is 6.92 Å². The second kappa shape index (κ2) is 7.10. The van der Waals surface area contributed by atoms with Gasteiger partial charge < -0.3 is 10.1 Å². The number of hydrogen-bond donors (Lipinski definition) is 1. The van der Waals surface area contributed by atoms with E-state index in [0.717, 1.165) is 25.2 Å². The van der Waals surface area contributed by atoms with Crippen molar-refractivity contribution in [2.75, 3.05) is 13.7 Å². The molecule has 0 fully saturated rings. The first-order valence-corrected chi connectivity index (χ1v) is 7.01. The standard InChI is InChI=1S/C16H23N3O/c1-13-5-4-6-16(9-13)20-8-7-15(17-2)10-14-11-18-19(3)12-14/h4-6,9,11-12,15,17H,7-8,10H2,1-3H3. The zero-order valence-corrected chi connectivity index (χ0v) is 12.5. The number of aryl methyl sites for hydroxylation is 2. The van der Waals surface area contributed by atoms with E-state index in [9.17, 15) is 0 Å². The predicted octanol–water partition coefficient (Wildman–Crippen LogP) is 2.33. The Morgan fingerprint density at radius 1 is 1.40 bits per heavy atom. The van der Waals surface area contributed by atoms with Gasteiger partial charge >= 0.3 is 0 Å². The van der Waals surface area contributed by atoms with E-state index in [1.807, 2.05) is 37.1 Å². The molecule has 0 aliphatic carbocycles. The third kappa shape index (κ3) is 4.38. The smallest absolute Gasteiger partial charge is 0.119 e. The van der Waals surface area contributed by atoms with Crippen LogP contribution in [0.2, 0.25) is 0 Å². The van der Waals surface area contributed by atoms with E-state index >= 15 is 0 Å². The number of hydrogen-bond acceptors (Lipinski definition) is 3. The van der Waals surface area contributed by atoms with E-state index in [0.29, 0.717) is 6.04 Å². The summed E-state index contributed by atoms with van der Waals surface area (Å²) in [7, 11) is 3.94. The lowest BCUT2D eigenvalue weighted by molar-refractivity contribution is 0.288. The normalized spacial score (nSPS) is 12.3. The van der Waals surface area contributed by atoms with Crippen molar-refractivity contribution in [1.82, 2.24) is 15.1 Å². The molecule has 1 atom stereocenters. The summed E-state index contributed by atoms with van der Waals surface area (Å²) in [4.78, 5) is 0. The molecule has 0 amide bonds. The molecule has 1 unspecified atom stereocenters. The molecule has 0 aliphatic heterocycles. The molecule has 20 heavy (non-hydrogen) atoms. The lowest BCUT2D eigenvalue weighted by Gasteiger charge is -2.15. The molecule has 2 rings (SSSR count). The van der Waals surface area contributed by atoms with Gasteiger partial charge in [-0.05, 0) is 50.1 Å². The van der Waals surface area contributed by atoms with Gasteiger partial charge in [0.2, 0.25) is 0 Å². The second-order valence-corrected chi connectivity index (χ2v) is 5.17.